The number of aryl methyl sites for hydroxylation is 2. The van der Waals surface area contributed by atoms with Gasteiger partial charge in [0.1, 0.15) is 11.6 Å². The maximum atomic E-state index is 13.8. The summed E-state index contributed by atoms with van der Waals surface area (Å²) in [5.41, 5.74) is 2.33. The van der Waals surface area contributed by atoms with Crippen LogP contribution in [0.5, 0.6) is 5.75 Å². The highest BCUT2D eigenvalue weighted by Crippen LogP contribution is 2.29. The topological polar surface area (TPSA) is 71.5 Å². The number of aliphatic hydroxyl groups excluding tert-OH is 1. The molecule has 0 fully saturated rings. The molecule has 0 saturated heterocycles. The molecular formula is C27H33FN2O3S. The molecular weight excluding hydrogens is 451 g/mol. The Labute approximate surface area is 205 Å². The molecule has 0 spiro atoms. The molecule has 0 saturated carbocycles. The molecule has 7 heteroatoms. The van der Waals surface area contributed by atoms with Gasteiger partial charge < -0.3 is 15.2 Å². The van der Waals surface area contributed by atoms with Gasteiger partial charge in [0.25, 0.3) is 0 Å². The summed E-state index contributed by atoms with van der Waals surface area (Å²) in [6.45, 7) is 12.4. The van der Waals surface area contributed by atoms with Crippen LogP contribution in [-0.4, -0.2) is 22.0 Å². The Bertz CT molecular complexity index is 1110. The van der Waals surface area contributed by atoms with E-state index in [0.717, 1.165) is 30.7 Å². The zero-order valence-corrected chi connectivity index (χ0v) is 21.3. The van der Waals surface area contributed by atoms with Gasteiger partial charge in [-0.15, -0.1) is 0 Å². The Hall–Kier alpha value is -3.19. The van der Waals surface area contributed by atoms with Crippen LogP contribution in [0, 0.1) is 19.7 Å². The van der Waals surface area contributed by atoms with Crippen molar-refractivity contribution in [2.75, 3.05) is 5.32 Å². The van der Waals surface area contributed by atoms with Gasteiger partial charge in [0, 0.05) is 11.3 Å². The summed E-state index contributed by atoms with van der Waals surface area (Å²) in [7, 11) is 0. The lowest BCUT2D eigenvalue weighted by atomic mass is 10.1. The smallest absolute Gasteiger partial charge is 0.205 e. The number of aromatic nitrogens is 1. The van der Waals surface area contributed by atoms with Crippen molar-refractivity contribution in [3.63, 3.8) is 0 Å². The number of allylic oxidation sites excluding steroid dienone is 1. The summed E-state index contributed by atoms with van der Waals surface area (Å²) in [5, 5.41) is 11.7. The van der Waals surface area contributed by atoms with Crippen molar-refractivity contribution in [1.29, 1.82) is 0 Å². The Morgan fingerprint density at radius 3 is 2.41 bits per heavy atom. The number of rotatable bonds is 9. The minimum Gasteiger partial charge on any atom is -0.513 e. The highest BCUT2D eigenvalue weighted by molar-refractivity contribution is 7.17. The van der Waals surface area contributed by atoms with Gasteiger partial charge in [0.05, 0.1) is 22.4 Å². The molecule has 0 bridgehead atoms. The summed E-state index contributed by atoms with van der Waals surface area (Å²) in [5.74, 6) is 0.406. The van der Waals surface area contributed by atoms with Gasteiger partial charge in [-0.3, -0.25) is 4.79 Å². The molecule has 182 valence electrons. The van der Waals surface area contributed by atoms with Crippen molar-refractivity contribution in [1.82, 2.24) is 4.98 Å². The van der Waals surface area contributed by atoms with Crippen LogP contribution in [0.25, 0.3) is 0 Å². The monoisotopic (exact) mass is 484 g/mol. The summed E-state index contributed by atoms with van der Waals surface area (Å²) >= 11 is 1.27. The van der Waals surface area contributed by atoms with Gasteiger partial charge in [-0.05, 0) is 69.5 Å². The second-order valence-corrected chi connectivity index (χ2v) is 9.05. The summed E-state index contributed by atoms with van der Waals surface area (Å²) in [4.78, 5) is 17.8. The summed E-state index contributed by atoms with van der Waals surface area (Å²) < 4.78 is 19.9. The fourth-order valence-corrected chi connectivity index (χ4v) is 4.08. The predicted octanol–water partition coefficient (Wildman–Crippen LogP) is 7.91. The number of hydrogen-bond donors (Lipinski definition) is 2. The fourth-order valence-electron chi connectivity index (χ4n) is 3.13. The Morgan fingerprint density at radius 2 is 1.85 bits per heavy atom. The molecule has 1 atom stereocenters. The van der Waals surface area contributed by atoms with Gasteiger partial charge in [-0.2, -0.15) is 0 Å². The van der Waals surface area contributed by atoms with Crippen LogP contribution < -0.4 is 10.1 Å². The number of nitrogens with zero attached hydrogens (tertiary/aromatic N) is 1. The van der Waals surface area contributed by atoms with Gasteiger partial charge in [-0.25, -0.2) is 9.37 Å². The SMILES string of the molecule is C=C(C)O.CCCC(CC)Oc1ccc(Nc2nc(C)c(C(=O)c3ccc(C)c(F)c3)s2)cc1. The van der Waals surface area contributed by atoms with E-state index in [4.69, 9.17) is 9.84 Å². The van der Waals surface area contributed by atoms with Gasteiger partial charge in [0.2, 0.25) is 5.78 Å². The van der Waals surface area contributed by atoms with E-state index in [2.05, 4.69) is 30.7 Å². The summed E-state index contributed by atoms with van der Waals surface area (Å²) in [6.07, 6.45) is 3.35. The van der Waals surface area contributed by atoms with Crippen LogP contribution in [0.4, 0.5) is 15.2 Å². The minimum atomic E-state index is -0.382. The van der Waals surface area contributed by atoms with Crippen molar-refractivity contribution in [2.45, 2.75) is 60.0 Å². The van der Waals surface area contributed by atoms with E-state index in [9.17, 15) is 9.18 Å². The molecule has 0 aliphatic heterocycles. The van der Waals surface area contributed by atoms with E-state index in [1.807, 2.05) is 24.3 Å². The quantitative estimate of drug-likeness (QED) is 0.238. The minimum absolute atomic E-state index is 0.167. The number of aliphatic hydroxyl groups is 1. The van der Waals surface area contributed by atoms with E-state index in [0.29, 0.717) is 26.8 Å². The number of benzene rings is 2. The number of ether oxygens (including phenoxy) is 1. The van der Waals surface area contributed by atoms with Gasteiger partial charge >= 0.3 is 0 Å². The van der Waals surface area contributed by atoms with E-state index in [-0.39, 0.29) is 23.5 Å². The molecule has 0 aliphatic carbocycles. The normalized spacial score (nSPS) is 11.2. The van der Waals surface area contributed by atoms with Crippen LogP contribution >= 0.6 is 11.3 Å². The molecule has 1 unspecified atom stereocenters. The van der Waals surface area contributed by atoms with Crippen LogP contribution in [0.2, 0.25) is 0 Å². The van der Waals surface area contributed by atoms with Crippen LogP contribution in [0.3, 0.4) is 0 Å². The number of thiazole rings is 1. The number of hydrogen-bond acceptors (Lipinski definition) is 6. The molecule has 2 N–H and O–H groups in total. The largest absolute Gasteiger partial charge is 0.513 e. The van der Waals surface area contributed by atoms with Crippen molar-refractivity contribution in [2.24, 2.45) is 0 Å². The Morgan fingerprint density at radius 1 is 1.21 bits per heavy atom. The first kappa shape index (κ1) is 27.1. The first-order valence-electron chi connectivity index (χ1n) is 11.3. The number of anilines is 2. The molecule has 1 aromatic heterocycles. The molecule has 0 radical (unpaired) electrons. The predicted molar refractivity (Wildman–Crippen MR) is 138 cm³/mol. The second-order valence-electron chi connectivity index (χ2n) is 8.05. The average molecular weight is 485 g/mol. The third kappa shape index (κ3) is 7.99. The van der Waals surface area contributed by atoms with Gasteiger partial charge in [0.15, 0.2) is 5.13 Å². The van der Waals surface area contributed by atoms with Crippen LogP contribution in [-0.2, 0) is 0 Å². The fraction of sp³-hybridized carbons (Fsp3) is 0.333. The van der Waals surface area contributed by atoms with Crippen molar-refractivity contribution >= 4 is 27.9 Å². The number of ketones is 1. The van der Waals surface area contributed by atoms with E-state index >= 15 is 0 Å². The molecule has 3 rings (SSSR count). The standard InChI is InChI=1S/C24H27FN2O2S.C3H6O/c1-5-7-19(6-2)29-20-12-10-18(11-13-20)27-24-26-16(4)23(30-24)22(28)17-9-8-15(3)21(25)14-17;1-3(2)4/h8-14,19H,5-7H2,1-4H3,(H,26,27);4H,1H2,2H3. The molecule has 2 aromatic carbocycles. The molecule has 3 aromatic rings. The first-order valence-corrected chi connectivity index (χ1v) is 12.1. The highest BCUT2D eigenvalue weighted by Gasteiger charge is 2.18. The lowest BCUT2D eigenvalue weighted by Gasteiger charge is -2.17. The maximum Gasteiger partial charge on any atom is 0.205 e. The van der Waals surface area contributed by atoms with Gasteiger partial charge in [-0.1, -0.05) is 50.3 Å². The third-order valence-electron chi connectivity index (χ3n) is 4.91. The van der Waals surface area contributed by atoms with Crippen molar-refractivity contribution in [3.05, 3.63) is 82.3 Å². The molecule has 34 heavy (non-hydrogen) atoms. The van der Waals surface area contributed by atoms with E-state index < -0.39 is 0 Å². The van der Waals surface area contributed by atoms with E-state index in [1.54, 1.807) is 26.0 Å². The molecule has 1 heterocycles. The van der Waals surface area contributed by atoms with Crippen LogP contribution in [0.15, 0.2) is 54.8 Å². The Kier molecular flexibility index (Phi) is 10.3. The molecule has 5 nitrogen and oxygen atoms in total. The van der Waals surface area contributed by atoms with Crippen molar-refractivity contribution < 1.29 is 19.0 Å². The maximum absolute atomic E-state index is 13.8. The Balaban J connectivity index is 0.000000945. The lowest BCUT2D eigenvalue weighted by Crippen LogP contribution is -2.14. The lowest BCUT2D eigenvalue weighted by molar-refractivity contribution is 0.104. The molecule has 0 aliphatic rings. The molecule has 0 amide bonds. The zero-order valence-electron chi connectivity index (χ0n) is 20.4. The average Bonchev–Trinajstić information content (AvgIpc) is 3.15. The summed E-state index contributed by atoms with van der Waals surface area (Å²) in [6, 6.07) is 12.3. The first-order chi connectivity index (χ1) is 16.1. The van der Waals surface area contributed by atoms with E-state index in [1.165, 1.54) is 24.3 Å². The zero-order chi connectivity index (χ0) is 25.3. The van der Waals surface area contributed by atoms with Crippen LogP contribution in [0.1, 0.15) is 66.5 Å². The number of carbonyl (C=O) groups is 1. The van der Waals surface area contributed by atoms with Crippen molar-refractivity contribution in [3.8, 4) is 5.75 Å². The number of nitrogens with one attached hydrogen (secondary N) is 1. The number of halogens is 1. The highest BCUT2D eigenvalue weighted by atomic mass is 32.1. The number of carbonyl (C=O) groups excluding carboxylic acids is 1. The third-order valence-corrected chi connectivity index (χ3v) is 5.98. The second kappa shape index (κ2) is 12.9.